The molecule has 0 amide bonds. The number of pyridine rings is 1. The predicted molar refractivity (Wildman–Crippen MR) is 124 cm³/mol. The van der Waals surface area contributed by atoms with Gasteiger partial charge in [-0.1, -0.05) is 11.6 Å². The van der Waals surface area contributed by atoms with Crippen molar-refractivity contribution in [1.29, 1.82) is 0 Å². The summed E-state index contributed by atoms with van der Waals surface area (Å²) >= 11 is 7.71. The third-order valence-corrected chi connectivity index (χ3v) is 8.50. The minimum Gasteiger partial charge on any atom is -0.473 e. The smallest absolute Gasteiger partial charge is 0.238 e. The first-order chi connectivity index (χ1) is 14.7. The predicted octanol–water partition coefficient (Wildman–Crippen LogP) is 4.37. The molecule has 3 aromatic heterocycles. The minimum absolute atomic E-state index is 0.0109. The van der Waals surface area contributed by atoms with Gasteiger partial charge in [-0.15, -0.1) is 11.3 Å². The average Bonchev–Trinajstić information content (AvgIpc) is 3.03. The highest BCUT2D eigenvalue weighted by Gasteiger charge is 2.29. The number of hydrogen-bond acceptors (Lipinski definition) is 8. The van der Waals surface area contributed by atoms with Crippen LogP contribution in [0.2, 0.25) is 4.34 Å². The highest BCUT2D eigenvalue weighted by molar-refractivity contribution is 7.88. The van der Waals surface area contributed by atoms with Crippen molar-refractivity contribution in [3.63, 3.8) is 0 Å². The lowest BCUT2D eigenvalue weighted by atomic mass is 9.93. The number of sulfonamides is 1. The van der Waals surface area contributed by atoms with E-state index in [2.05, 4.69) is 20.3 Å². The molecule has 0 bridgehead atoms. The molecule has 1 aliphatic carbocycles. The van der Waals surface area contributed by atoms with Crippen LogP contribution in [-0.4, -0.2) is 53.1 Å². The summed E-state index contributed by atoms with van der Waals surface area (Å²) in [6.07, 6.45) is 7.44. The first kappa shape index (κ1) is 22.2. The third-order valence-electron chi connectivity index (χ3n) is 5.65. The van der Waals surface area contributed by atoms with Crippen LogP contribution >= 0.6 is 22.9 Å². The molecule has 0 unspecified atom stereocenters. The van der Waals surface area contributed by atoms with Crippen LogP contribution in [0.25, 0.3) is 10.2 Å². The average molecular weight is 482 g/mol. The fourth-order valence-corrected chi connectivity index (χ4v) is 5.74. The summed E-state index contributed by atoms with van der Waals surface area (Å²) in [6.45, 7) is 1.95. The third kappa shape index (κ3) is 4.77. The second-order valence-electron chi connectivity index (χ2n) is 7.71. The molecule has 1 N–H and O–H groups in total. The van der Waals surface area contributed by atoms with Crippen molar-refractivity contribution in [3.05, 3.63) is 34.6 Å². The van der Waals surface area contributed by atoms with Gasteiger partial charge in [0.1, 0.15) is 28.8 Å². The lowest BCUT2D eigenvalue weighted by Crippen LogP contribution is -2.40. The Hall–Kier alpha value is -2.01. The Morgan fingerprint density at radius 1 is 1.23 bits per heavy atom. The molecule has 3 aromatic rings. The number of aromatic nitrogens is 3. The van der Waals surface area contributed by atoms with E-state index >= 15 is 0 Å². The Bertz CT molecular complexity index is 1190. The molecule has 31 heavy (non-hydrogen) atoms. The summed E-state index contributed by atoms with van der Waals surface area (Å²) in [5.74, 6) is 1.15. The maximum atomic E-state index is 11.8. The molecule has 1 saturated carbocycles. The first-order valence-electron chi connectivity index (χ1n) is 9.95. The Morgan fingerprint density at radius 3 is 2.68 bits per heavy atom. The minimum atomic E-state index is -3.19. The Balaban J connectivity index is 1.50. The maximum Gasteiger partial charge on any atom is 0.238 e. The van der Waals surface area contributed by atoms with Gasteiger partial charge in [-0.2, -0.15) is 0 Å². The number of nitrogens with zero attached hydrogens (tertiary/aromatic N) is 4. The number of halogens is 1. The summed E-state index contributed by atoms with van der Waals surface area (Å²) < 4.78 is 32.0. The van der Waals surface area contributed by atoms with Gasteiger partial charge in [0, 0.05) is 19.3 Å². The molecule has 1 fully saturated rings. The molecule has 0 radical (unpaired) electrons. The summed E-state index contributed by atoms with van der Waals surface area (Å²) in [7, 11) is -1.55. The van der Waals surface area contributed by atoms with Crippen LogP contribution < -0.4 is 10.1 Å². The van der Waals surface area contributed by atoms with E-state index in [9.17, 15) is 8.42 Å². The lowest BCUT2D eigenvalue weighted by Gasteiger charge is -2.33. The zero-order valence-electron chi connectivity index (χ0n) is 17.5. The molecule has 166 valence electrons. The van der Waals surface area contributed by atoms with E-state index in [1.807, 2.05) is 19.1 Å². The first-order valence-corrected chi connectivity index (χ1v) is 13.0. The molecular formula is C20H24ClN5O3S2. The molecule has 0 spiro atoms. The lowest BCUT2D eigenvalue weighted by molar-refractivity contribution is 0.121. The van der Waals surface area contributed by atoms with Gasteiger partial charge in [0.2, 0.25) is 15.9 Å². The number of aryl methyl sites for hydroxylation is 1. The highest BCUT2D eigenvalue weighted by Crippen LogP contribution is 2.38. The number of hydrogen-bond donors (Lipinski definition) is 1. The number of nitrogens with one attached hydrogen (secondary N) is 1. The molecule has 0 atom stereocenters. The Morgan fingerprint density at radius 2 is 1.97 bits per heavy atom. The van der Waals surface area contributed by atoms with E-state index in [1.54, 1.807) is 13.2 Å². The van der Waals surface area contributed by atoms with E-state index in [0.717, 1.165) is 41.5 Å². The molecule has 4 rings (SSSR count). The van der Waals surface area contributed by atoms with Gasteiger partial charge in [0.05, 0.1) is 16.0 Å². The van der Waals surface area contributed by atoms with Crippen molar-refractivity contribution in [3.8, 4) is 5.88 Å². The van der Waals surface area contributed by atoms with Gasteiger partial charge >= 0.3 is 0 Å². The fourth-order valence-electron chi connectivity index (χ4n) is 3.80. The van der Waals surface area contributed by atoms with E-state index in [1.165, 1.54) is 28.2 Å². The largest absolute Gasteiger partial charge is 0.473 e. The number of rotatable bonds is 6. The van der Waals surface area contributed by atoms with Crippen molar-refractivity contribution >= 4 is 54.7 Å². The molecule has 11 heteroatoms. The van der Waals surface area contributed by atoms with Crippen LogP contribution in [0, 0.1) is 6.92 Å². The molecule has 0 aliphatic heterocycles. The van der Waals surface area contributed by atoms with Gasteiger partial charge in [0.25, 0.3) is 0 Å². The van der Waals surface area contributed by atoms with Gasteiger partial charge in [-0.05, 0) is 50.3 Å². The summed E-state index contributed by atoms with van der Waals surface area (Å²) in [5, 5.41) is 4.21. The van der Waals surface area contributed by atoms with Crippen LogP contribution in [0.15, 0.2) is 24.7 Å². The summed E-state index contributed by atoms with van der Waals surface area (Å²) in [4.78, 5) is 13.9. The second-order valence-corrected chi connectivity index (χ2v) is 11.4. The van der Waals surface area contributed by atoms with Crippen LogP contribution in [-0.2, 0) is 10.0 Å². The topological polar surface area (TPSA) is 97.3 Å². The summed E-state index contributed by atoms with van der Waals surface area (Å²) in [6, 6.07) is 3.73. The van der Waals surface area contributed by atoms with Crippen LogP contribution in [0.5, 0.6) is 5.88 Å². The van der Waals surface area contributed by atoms with E-state index in [0.29, 0.717) is 21.7 Å². The van der Waals surface area contributed by atoms with Gasteiger partial charge in [-0.3, -0.25) is 0 Å². The highest BCUT2D eigenvalue weighted by atomic mass is 35.5. The standard InChI is InChI=1S/C20H24ClN5O3S2/c1-12-16-18(23-11-24-20(16)30-17(12)21)25-15-5-4-10-22-19(15)29-14-8-6-13(7-9-14)26(2)31(3,27)28/h4-5,10-11,13-14H,6-9H2,1-3H3,(H,23,24,25). The monoisotopic (exact) mass is 481 g/mol. The molecular weight excluding hydrogens is 458 g/mol. The van der Waals surface area contributed by atoms with E-state index in [-0.39, 0.29) is 12.1 Å². The maximum absolute atomic E-state index is 11.8. The zero-order chi connectivity index (χ0) is 22.2. The molecule has 3 heterocycles. The molecule has 0 aromatic carbocycles. The number of anilines is 2. The quantitative estimate of drug-likeness (QED) is 0.558. The van der Waals surface area contributed by atoms with Crippen LogP contribution in [0.4, 0.5) is 11.5 Å². The van der Waals surface area contributed by atoms with Crippen molar-refractivity contribution in [1.82, 2.24) is 19.3 Å². The Kier molecular flexibility index (Phi) is 6.34. The zero-order valence-corrected chi connectivity index (χ0v) is 19.9. The van der Waals surface area contributed by atoms with Crippen molar-refractivity contribution in [2.45, 2.75) is 44.8 Å². The van der Waals surface area contributed by atoms with Gasteiger partial charge in [0.15, 0.2) is 0 Å². The van der Waals surface area contributed by atoms with Gasteiger partial charge in [-0.25, -0.2) is 27.7 Å². The number of fused-ring (bicyclic) bond motifs is 1. The Labute approximate surface area is 190 Å². The van der Waals surface area contributed by atoms with Gasteiger partial charge < -0.3 is 10.1 Å². The number of thiophene rings is 1. The second kappa shape index (κ2) is 8.85. The van der Waals surface area contributed by atoms with E-state index < -0.39 is 10.0 Å². The normalized spacial score (nSPS) is 19.6. The fraction of sp³-hybridized carbons (Fsp3) is 0.450. The van der Waals surface area contributed by atoms with E-state index in [4.69, 9.17) is 16.3 Å². The molecule has 8 nitrogen and oxygen atoms in total. The SMILES string of the molecule is Cc1c(Cl)sc2ncnc(Nc3cccnc3OC3CCC(N(C)S(C)(=O)=O)CC3)c12. The number of ether oxygens (including phenoxy) is 1. The van der Waals surface area contributed by atoms with Crippen LogP contribution in [0.1, 0.15) is 31.2 Å². The molecule has 1 aliphatic rings. The van der Waals surface area contributed by atoms with Crippen molar-refractivity contribution < 1.29 is 13.2 Å². The van der Waals surface area contributed by atoms with Crippen molar-refractivity contribution in [2.75, 3.05) is 18.6 Å². The summed E-state index contributed by atoms with van der Waals surface area (Å²) in [5.41, 5.74) is 1.64. The van der Waals surface area contributed by atoms with Crippen LogP contribution in [0.3, 0.4) is 0 Å². The molecule has 0 saturated heterocycles. The van der Waals surface area contributed by atoms with Crippen molar-refractivity contribution in [2.24, 2.45) is 0 Å².